The molecule has 8 heteroatoms. The van der Waals surface area contributed by atoms with E-state index in [0.29, 0.717) is 23.1 Å². The van der Waals surface area contributed by atoms with E-state index in [9.17, 15) is 9.90 Å². The number of thioether (sulfide) groups is 1. The van der Waals surface area contributed by atoms with Crippen LogP contribution in [0.15, 0.2) is 12.1 Å². The number of aromatic nitrogens is 2. The summed E-state index contributed by atoms with van der Waals surface area (Å²) in [6, 6.07) is 3.50. The van der Waals surface area contributed by atoms with Gasteiger partial charge in [-0.15, -0.1) is 11.8 Å². The molecule has 0 saturated carbocycles. The number of methoxy groups -OCH3 is 2. The third kappa shape index (κ3) is 2.70. The van der Waals surface area contributed by atoms with Gasteiger partial charge in [0, 0.05) is 11.3 Å². The molecule has 23 heavy (non-hydrogen) atoms. The zero-order chi connectivity index (χ0) is 16.6. The number of hydrogen-bond acceptors (Lipinski definition) is 6. The normalized spacial score (nSPS) is 17.2. The van der Waals surface area contributed by atoms with Gasteiger partial charge < -0.3 is 19.9 Å². The lowest BCUT2D eigenvalue weighted by molar-refractivity contribution is -0.113. The minimum Gasteiger partial charge on any atom is -0.502 e. The second-order valence-corrected chi connectivity index (χ2v) is 6.22. The summed E-state index contributed by atoms with van der Waals surface area (Å²) >= 11 is 1.49. The van der Waals surface area contributed by atoms with Crippen LogP contribution in [0.1, 0.15) is 22.1 Å². The number of aromatic hydroxyl groups is 1. The lowest BCUT2D eigenvalue weighted by atomic mass is 10.0. The third-order valence-electron chi connectivity index (χ3n) is 3.70. The van der Waals surface area contributed by atoms with E-state index in [1.807, 2.05) is 6.92 Å². The first-order valence-electron chi connectivity index (χ1n) is 6.96. The quantitative estimate of drug-likeness (QED) is 0.796. The first-order chi connectivity index (χ1) is 11.0. The Balaban J connectivity index is 2.14. The van der Waals surface area contributed by atoms with Crippen molar-refractivity contribution in [2.45, 2.75) is 12.2 Å². The maximum Gasteiger partial charge on any atom is 0.235 e. The zero-order valence-corrected chi connectivity index (χ0v) is 13.8. The fraction of sp³-hybridized carbons (Fsp3) is 0.333. The Bertz CT molecular complexity index is 734. The molecule has 7 nitrogen and oxygen atoms in total. The molecule has 3 N–H and O–H groups in total. The number of anilines is 1. The van der Waals surface area contributed by atoms with Crippen LogP contribution in [0, 0.1) is 6.92 Å². The van der Waals surface area contributed by atoms with Crippen LogP contribution >= 0.6 is 11.8 Å². The van der Waals surface area contributed by atoms with Crippen molar-refractivity contribution in [1.82, 2.24) is 10.2 Å². The molecule has 2 aromatic rings. The number of amides is 1. The van der Waals surface area contributed by atoms with Crippen molar-refractivity contribution < 1.29 is 19.4 Å². The van der Waals surface area contributed by atoms with E-state index < -0.39 is 0 Å². The average molecular weight is 335 g/mol. The van der Waals surface area contributed by atoms with Gasteiger partial charge in [-0.2, -0.15) is 5.10 Å². The second-order valence-electron chi connectivity index (χ2n) is 5.12. The van der Waals surface area contributed by atoms with E-state index in [-0.39, 0.29) is 16.9 Å². The van der Waals surface area contributed by atoms with E-state index in [1.54, 1.807) is 12.1 Å². The standard InChI is InChI=1S/C15H17N3O4S/c1-7-12-14(23-6-11(19)16-15(12)18-17-7)8-4-9(21-2)13(20)10(5-8)22-3/h4-5,14,20H,6H2,1-3H3,(H2,16,17,18,19)/t14-/m1/s1. The van der Waals surface area contributed by atoms with Crippen molar-refractivity contribution in [3.8, 4) is 17.2 Å². The van der Waals surface area contributed by atoms with Crippen LogP contribution in [-0.4, -0.2) is 41.2 Å². The molecule has 0 saturated heterocycles. The van der Waals surface area contributed by atoms with Crippen molar-refractivity contribution in [2.24, 2.45) is 0 Å². The Morgan fingerprint density at radius 2 is 1.96 bits per heavy atom. The molecule has 3 rings (SSSR count). The molecule has 1 aliphatic rings. The number of phenolic OH excluding ortho intramolecular Hbond substituents is 1. The minimum atomic E-state index is -0.133. The van der Waals surface area contributed by atoms with E-state index in [0.717, 1.165) is 16.8 Å². The first kappa shape index (κ1) is 15.5. The molecule has 1 atom stereocenters. The van der Waals surface area contributed by atoms with Gasteiger partial charge in [-0.1, -0.05) is 0 Å². The highest BCUT2D eigenvalue weighted by Gasteiger charge is 2.29. The predicted molar refractivity (Wildman–Crippen MR) is 87.5 cm³/mol. The number of nitrogens with zero attached hydrogens (tertiary/aromatic N) is 1. The summed E-state index contributed by atoms with van der Waals surface area (Å²) in [5.41, 5.74) is 2.66. The molecule has 0 bridgehead atoms. The van der Waals surface area contributed by atoms with Crippen LogP contribution in [0.2, 0.25) is 0 Å². The van der Waals surface area contributed by atoms with Crippen LogP contribution in [0.3, 0.4) is 0 Å². The van der Waals surface area contributed by atoms with Gasteiger partial charge in [-0.05, 0) is 24.6 Å². The molecule has 1 aromatic carbocycles. The second kappa shape index (κ2) is 6.04. The monoisotopic (exact) mass is 335 g/mol. The van der Waals surface area contributed by atoms with Gasteiger partial charge in [-0.3, -0.25) is 9.89 Å². The van der Waals surface area contributed by atoms with Gasteiger partial charge in [0.2, 0.25) is 11.7 Å². The summed E-state index contributed by atoms with van der Waals surface area (Å²) in [4.78, 5) is 11.9. The fourth-order valence-electron chi connectivity index (χ4n) is 2.59. The predicted octanol–water partition coefficient (Wildman–Crippen LogP) is 2.22. The lowest BCUT2D eigenvalue weighted by Crippen LogP contribution is -2.12. The summed E-state index contributed by atoms with van der Waals surface area (Å²) in [5.74, 6) is 1.36. The molecular formula is C15H17N3O4S. The van der Waals surface area contributed by atoms with Crippen molar-refractivity contribution in [2.75, 3.05) is 25.3 Å². The van der Waals surface area contributed by atoms with Gasteiger partial charge in [0.05, 0.1) is 25.2 Å². The Morgan fingerprint density at radius 3 is 2.57 bits per heavy atom. The number of fused-ring (bicyclic) bond motifs is 1. The van der Waals surface area contributed by atoms with E-state index in [2.05, 4.69) is 15.5 Å². The Morgan fingerprint density at radius 1 is 1.30 bits per heavy atom. The maximum atomic E-state index is 11.9. The van der Waals surface area contributed by atoms with E-state index >= 15 is 0 Å². The van der Waals surface area contributed by atoms with Crippen LogP contribution in [-0.2, 0) is 4.79 Å². The lowest BCUT2D eigenvalue weighted by Gasteiger charge is -2.18. The number of aryl methyl sites for hydroxylation is 1. The van der Waals surface area contributed by atoms with Crippen LogP contribution in [0.5, 0.6) is 17.2 Å². The number of carbonyl (C=O) groups is 1. The molecule has 0 fully saturated rings. The summed E-state index contributed by atoms with van der Waals surface area (Å²) in [5, 5.41) is 19.8. The molecule has 2 heterocycles. The van der Waals surface area contributed by atoms with Gasteiger partial charge in [0.15, 0.2) is 17.3 Å². The molecule has 0 radical (unpaired) electrons. The topological polar surface area (TPSA) is 96.5 Å². The number of H-pyrrole nitrogens is 1. The molecule has 1 aliphatic heterocycles. The fourth-order valence-corrected chi connectivity index (χ4v) is 3.77. The number of nitrogens with one attached hydrogen (secondary N) is 2. The largest absolute Gasteiger partial charge is 0.502 e. The molecule has 0 aliphatic carbocycles. The molecular weight excluding hydrogens is 318 g/mol. The van der Waals surface area contributed by atoms with Gasteiger partial charge in [0.25, 0.3) is 0 Å². The van der Waals surface area contributed by atoms with Crippen molar-refractivity contribution >= 4 is 23.5 Å². The van der Waals surface area contributed by atoms with Gasteiger partial charge in [0.1, 0.15) is 0 Å². The summed E-state index contributed by atoms with van der Waals surface area (Å²) in [6.45, 7) is 1.91. The number of hydrogen-bond donors (Lipinski definition) is 3. The van der Waals surface area contributed by atoms with Crippen molar-refractivity contribution in [1.29, 1.82) is 0 Å². The third-order valence-corrected chi connectivity index (χ3v) is 4.97. The highest BCUT2D eigenvalue weighted by Crippen LogP contribution is 2.46. The Labute approximate surface area is 137 Å². The highest BCUT2D eigenvalue weighted by molar-refractivity contribution is 8.00. The number of benzene rings is 1. The molecule has 1 amide bonds. The van der Waals surface area contributed by atoms with Gasteiger partial charge >= 0.3 is 0 Å². The van der Waals surface area contributed by atoms with E-state index in [1.165, 1.54) is 26.0 Å². The van der Waals surface area contributed by atoms with Crippen LogP contribution in [0.4, 0.5) is 5.82 Å². The van der Waals surface area contributed by atoms with E-state index in [4.69, 9.17) is 9.47 Å². The molecule has 122 valence electrons. The zero-order valence-electron chi connectivity index (χ0n) is 13.0. The number of phenols is 1. The van der Waals surface area contributed by atoms with Gasteiger partial charge in [-0.25, -0.2) is 0 Å². The number of carbonyl (C=O) groups excluding carboxylic acids is 1. The maximum absolute atomic E-state index is 11.9. The minimum absolute atomic E-state index is 0.0456. The Kier molecular flexibility index (Phi) is 4.08. The number of rotatable bonds is 3. The van der Waals surface area contributed by atoms with Crippen molar-refractivity contribution in [3.63, 3.8) is 0 Å². The highest BCUT2D eigenvalue weighted by atomic mass is 32.2. The Hall–Kier alpha value is -2.35. The average Bonchev–Trinajstić information content (AvgIpc) is 2.80. The molecule has 0 unspecified atom stereocenters. The summed E-state index contributed by atoms with van der Waals surface area (Å²) in [7, 11) is 2.97. The molecule has 0 spiro atoms. The summed E-state index contributed by atoms with van der Waals surface area (Å²) in [6.07, 6.45) is 0. The number of aromatic amines is 1. The first-order valence-corrected chi connectivity index (χ1v) is 8.01. The number of ether oxygens (including phenoxy) is 2. The molecule has 1 aromatic heterocycles. The smallest absolute Gasteiger partial charge is 0.235 e. The SMILES string of the molecule is COc1cc([C@H]2SCC(=O)Nc3n[nH]c(C)c32)cc(OC)c1O. The van der Waals surface area contributed by atoms with Crippen molar-refractivity contribution in [3.05, 3.63) is 29.0 Å². The van der Waals surface area contributed by atoms with Crippen LogP contribution < -0.4 is 14.8 Å². The summed E-state index contributed by atoms with van der Waals surface area (Å²) < 4.78 is 10.5. The van der Waals surface area contributed by atoms with Crippen LogP contribution in [0.25, 0.3) is 0 Å².